The van der Waals surface area contributed by atoms with Gasteiger partial charge < -0.3 is 20.1 Å². The average Bonchev–Trinajstić information content (AvgIpc) is 3.38. The number of rotatable bonds is 6. The molecule has 31 heavy (non-hydrogen) atoms. The maximum absolute atomic E-state index is 6.17. The van der Waals surface area contributed by atoms with E-state index in [0.717, 1.165) is 47.8 Å². The minimum atomic E-state index is 0.294. The molecule has 2 N–H and O–H groups in total. The molecule has 0 saturated carbocycles. The number of aliphatic imine (C=N–C) groups is 1. The van der Waals surface area contributed by atoms with E-state index in [9.17, 15) is 0 Å². The molecule has 1 unspecified atom stereocenters. The van der Waals surface area contributed by atoms with Crippen LogP contribution in [0.4, 0.5) is 5.69 Å². The largest absolute Gasteiger partial charge is 0.369 e. The number of anilines is 1. The molecule has 8 heteroatoms. The highest BCUT2D eigenvalue weighted by Crippen LogP contribution is 2.23. The van der Waals surface area contributed by atoms with Crippen molar-refractivity contribution >= 4 is 23.2 Å². The molecule has 1 fully saturated rings. The van der Waals surface area contributed by atoms with Gasteiger partial charge in [0.1, 0.15) is 5.82 Å². The first-order valence-corrected chi connectivity index (χ1v) is 10.9. The second-order valence-electron chi connectivity index (χ2n) is 7.78. The summed E-state index contributed by atoms with van der Waals surface area (Å²) in [5.41, 5.74) is 2.33. The third kappa shape index (κ3) is 5.55. The standard InChI is InChI=1S/C23H28ClN7/c1-17-28-29-22(30(17)2)15-26-23(25-14-18-7-4-3-5-8-18)27-20-11-12-31(16-20)21-10-6-9-19(24)13-21/h3-10,13,20H,11-12,14-16H2,1-2H3,(H2,25,26,27). The van der Waals surface area contributed by atoms with E-state index in [2.05, 4.69) is 43.9 Å². The van der Waals surface area contributed by atoms with Gasteiger partial charge in [-0.3, -0.25) is 0 Å². The van der Waals surface area contributed by atoms with E-state index < -0.39 is 0 Å². The predicted molar refractivity (Wildman–Crippen MR) is 125 cm³/mol. The quantitative estimate of drug-likeness (QED) is 0.457. The zero-order valence-electron chi connectivity index (χ0n) is 17.9. The number of aromatic nitrogens is 3. The molecule has 1 atom stereocenters. The number of nitrogens with one attached hydrogen (secondary N) is 2. The van der Waals surface area contributed by atoms with Gasteiger partial charge in [0.15, 0.2) is 11.8 Å². The van der Waals surface area contributed by atoms with Crippen molar-refractivity contribution in [1.82, 2.24) is 25.4 Å². The van der Waals surface area contributed by atoms with Gasteiger partial charge in [0, 0.05) is 36.9 Å². The van der Waals surface area contributed by atoms with Crippen LogP contribution in [0.25, 0.3) is 0 Å². The minimum absolute atomic E-state index is 0.294. The maximum Gasteiger partial charge on any atom is 0.192 e. The molecule has 0 spiro atoms. The van der Waals surface area contributed by atoms with Crippen LogP contribution >= 0.6 is 11.6 Å². The lowest BCUT2D eigenvalue weighted by molar-refractivity contribution is 0.637. The van der Waals surface area contributed by atoms with Gasteiger partial charge in [-0.25, -0.2) is 4.99 Å². The minimum Gasteiger partial charge on any atom is -0.369 e. The molecule has 1 aromatic heterocycles. The SMILES string of the molecule is Cc1nnc(CNC(=NCc2ccccc2)NC2CCN(c3cccc(Cl)c3)C2)n1C. The molecule has 7 nitrogen and oxygen atoms in total. The van der Waals surface area contributed by atoms with Crippen molar-refractivity contribution in [2.45, 2.75) is 32.5 Å². The summed E-state index contributed by atoms with van der Waals surface area (Å²) in [4.78, 5) is 7.17. The van der Waals surface area contributed by atoms with Crippen LogP contribution < -0.4 is 15.5 Å². The van der Waals surface area contributed by atoms with Gasteiger partial charge in [-0.05, 0) is 37.1 Å². The highest BCUT2D eigenvalue weighted by molar-refractivity contribution is 6.30. The molecule has 1 saturated heterocycles. The Morgan fingerprint density at radius 2 is 2.00 bits per heavy atom. The molecule has 1 aliphatic rings. The Bertz CT molecular complexity index is 1030. The highest BCUT2D eigenvalue weighted by Gasteiger charge is 2.24. The number of aryl methyl sites for hydroxylation is 1. The van der Waals surface area contributed by atoms with E-state index in [1.807, 2.05) is 54.9 Å². The van der Waals surface area contributed by atoms with Gasteiger partial charge in [0.25, 0.3) is 0 Å². The van der Waals surface area contributed by atoms with E-state index in [0.29, 0.717) is 19.1 Å². The van der Waals surface area contributed by atoms with E-state index in [1.165, 1.54) is 5.56 Å². The van der Waals surface area contributed by atoms with E-state index in [-0.39, 0.29) is 0 Å². The van der Waals surface area contributed by atoms with Crippen molar-refractivity contribution in [3.8, 4) is 0 Å². The second-order valence-corrected chi connectivity index (χ2v) is 8.22. The van der Waals surface area contributed by atoms with Crippen molar-refractivity contribution < 1.29 is 0 Å². The lowest BCUT2D eigenvalue weighted by Gasteiger charge is -2.21. The molecule has 0 aliphatic carbocycles. The lowest BCUT2D eigenvalue weighted by atomic mass is 10.2. The van der Waals surface area contributed by atoms with E-state index in [1.54, 1.807) is 0 Å². The topological polar surface area (TPSA) is 70.4 Å². The van der Waals surface area contributed by atoms with Gasteiger partial charge in [-0.2, -0.15) is 0 Å². The van der Waals surface area contributed by atoms with Crippen molar-refractivity contribution in [3.63, 3.8) is 0 Å². The third-order valence-corrected chi connectivity index (χ3v) is 5.80. The third-order valence-electron chi connectivity index (χ3n) is 5.56. The summed E-state index contributed by atoms with van der Waals surface area (Å²) in [5.74, 6) is 2.54. The Morgan fingerprint density at radius 1 is 1.16 bits per heavy atom. The monoisotopic (exact) mass is 437 g/mol. The van der Waals surface area contributed by atoms with Gasteiger partial charge in [-0.1, -0.05) is 48.0 Å². The highest BCUT2D eigenvalue weighted by atomic mass is 35.5. The number of nitrogens with zero attached hydrogens (tertiary/aromatic N) is 5. The first-order valence-electron chi connectivity index (χ1n) is 10.5. The summed E-state index contributed by atoms with van der Waals surface area (Å²) in [6.45, 7) is 4.99. The van der Waals surface area contributed by atoms with Gasteiger partial charge >= 0.3 is 0 Å². The Labute approximate surface area is 188 Å². The average molecular weight is 438 g/mol. The van der Waals surface area contributed by atoms with Gasteiger partial charge in [-0.15, -0.1) is 10.2 Å². The van der Waals surface area contributed by atoms with Crippen LogP contribution in [0, 0.1) is 6.92 Å². The first kappa shape index (κ1) is 21.2. The molecule has 1 aliphatic heterocycles. The predicted octanol–water partition coefficient (Wildman–Crippen LogP) is 3.29. The Hall–Kier alpha value is -3.06. The molecule has 3 aromatic rings. The second kappa shape index (κ2) is 9.83. The van der Waals surface area contributed by atoms with Gasteiger partial charge in [0.05, 0.1) is 13.1 Å². The molecular formula is C23H28ClN7. The summed E-state index contributed by atoms with van der Waals surface area (Å²) in [6, 6.07) is 18.6. The molecule has 2 heterocycles. The smallest absolute Gasteiger partial charge is 0.192 e. The number of halogens is 1. The summed E-state index contributed by atoms with van der Waals surface area (Å²) >= 11 is 6.17. The van der Waals surface area contributed by atoms with Crippen LogP contribution in [0.1, 0.15) is 23.6 Å². The van der Waals surface area contributed by atoms with Crippen LogP contribution in [-0.2, 0) is 20.1 Å². The summed E-state index contributed by atoms with van der Waals surface area (Å²) in [6.07, 6.45) is 1.03. The fourth-order valence-electron chi connectivity index (χ4n) is 3.65. The van der Waals surface area contributed by atoms with Crippen LogP contribution in [0.5, 0.6) is 0 Å². The van der Waals surface area contributed by atoms with Crippen LogP contribution in [0.15, 0.2) is 59.6 Å². The normalized spacial score (nSPS) is 16.5. The number of guanidine groups is 1. The summed E-state index contributed by atoms with van der Waals surface area (Å²) < 4.78 is 1.98. The number of hydrogen-bond donors (Lipinski definition) is 2. The van der Waals surface area contributed by atoms with Crippen molar-refractivity contribution in [2.24, 2.45) is 12.0 Å². The van der Waals surface area contributed by atoms with Crippen molar-refractivity contribution in [3.05, 3.63) is 76.8 Å². The maximum atomic E-state index is 6.17. The molecule has 2 aromatic carbocycles. The fraction of sp³-hybridized carbons (Fsp3) is 0.348. The zero-order valence-corrected chi connectivity index (χ0v) is 18.7. The number of hydrogen-bond acceptors (Lipinski definition) is 4. The lowest BCUT2D eigenvalue weighted by Crippen LogP contribution is -2.44. The molecule has 4 rings (SSSR count). The van der Waals surface area contributed by atoms with Crippen LogP contribution in [-0.4, -0.2) is 39.9 Å². The Kier molecular flexibility index (Phi) is 6.72. The van der Waals surface area contributed by atoms with E-state index in [4.69, 9.17) is 16.6 Å². The molecular weight excluding hydrogens is 410 g/mol. The molecule has 0 amide bonds. The van der Waals surface area contributed by atoms with Crippen molar-refractivity contribution in [2.75, 3.05) is 18.0 Å². The van der Waals surface area contributed by atoms with Crippen molar-refractivity contribution in [1.29, 1.82) is 0 Å². The molecule has 0 radical (unpaired) electrons. The number of benzene rings is 2. The fourth-order valence-corrected chi connectivity index (χ4v) is 3.84. The summed E-state index contributed by atoms with van der Waals surface area (Å²) in [7, 11) is 1.97. The summed E-state index contributed by atoms with van der Waals surface area (Å²) in [5, 5.41) is 16.2. The molecule has 0 bridgehead atoms. The Balaban J connectivity index is 1.43. The van der Waals surface area contributed by atoms with E-state index >= 15 is 0 Å². The van der Waals surface area contributed by atoms with Gasteiger partial charge in [0.2, 0.25) is 0 Å². The first-order chi connectivity index (χ1) is 15.1. The van der Waals surface area contributed by atoms with Crippen LogP contribution in [0.3, 0.4) is 0 Å². The molecule has 162 valence electrons. The zero-order chi connectivity index (χ0) is 21.6. The Morgan fingerprint density at radius 3 is 2.74 bits per heavy atom. The van der Waals surface area contributed by atoms with Crippen LogP contribution in [0.2, 0.25) is 5.02 Å².